The molecular weight excluding hydrogens is 466 g/mol. The maximum absolute atomic E-state index is 13.6. The number of nitrogens with zero attached hydrogens (tertiary/aromatic N) is 3. The fraction of sp³-hybridized carbons (Fsp3) is 0.640. The number of ketones is 1. The molecule has 196 valence electrons. The van der Waals surface area contributed by atoms with E-state index in [1.165, 1.54) is 30.6 Å². The van der Waals surface area contributed by atoms with Gasteiger partial charge < -0.3 is 20.3 Å². The molecule has 1 aromatic heterocycles. The van der Waals surface area contributed by atoms with E-state index in [4.69, 9.17) is 4.74 Å². The third-order valence-electron chi connectivity index (χ3n) is 6.79. The van der Waals surface area contributed by atoms with E-state index in [0.29, 0.717) is 0 Å². The minimum atomic E-state index is -1.04. The molecule has 36 heavy (non-hydrogen) atoms. The van der Waals surface area contributed by atoms with E-state index < -0.39 is 47.2 Å². The molecule has 1 aromatic rings. The van der Waals surface area contributed by atoms with Crippen molar-refractivity contribution < 1.29 is 28.7 Å². The van der Waals surface area contributed by atoms with Crippen molar-refractivity contribution >= 4 is 29.5 Å². The molecule has 3 atom stereocenters. The summed E-state index contributed by atoms with van der Waals surface area (Å²) in [5.41, 5.74) is -0.656. The first-order valence-electron chi connectivity index (χ1n) is 12.3. The second kappa shape index (κ2) is 11.6. The maximum atomic E-state index is 13.6. The van der Waals surface area contributed by atoms with Crippen LogP contribution in [0.4, 0.5) is 0 Å². The van der Waals surface area contributed by atoms with Gasteiger partial charge in [0.15, 0.2) is 5.78 Å². The lowest BCUT2D eigenvalue weighted by molar-refractivity contribution is -0.153. The van der Waals surface area contributed by atoms with Gasteiger partial charge in [-0.2, -0.15) is 0 Å². The van der Waals surface area contributed by atoms with Gasteiger partial charge in [-0.15, -0.1) is 0 Å². The molecule has 0 radical (unpaired) electrons. The Hall–Kier alpha value is -3.37. The number of esters is 1. The lowest BCUT2D eigenvalue weighted by Crippen LogP contribution is -2.61. The first-order valence-corrected chi connectivity index (χ1v) is 12.3. The van der Waals surface area contributed by atoms with Gasteiger partial charge in [0.1, 0.15) is 23.8 Å². The Balaban J connectivity index is 1.84. The lowest BCUT2D eigenvalue weighted by Gasteiger charge is -2.37. The number of hydrogen-bond donors (Lipinski definition) is 2. The molecule has 1 saturated carbocycles. The number of aromatic nitrogens is 2. The van der Waals surface area contributed by atoms with E-state index in [0.717, 1.165) is 32.1 Å². The van der Waals surface area contributed by atoms with Crippen LogP contribution in [0.15, 0.2) is 18.6 Å². The van der Waals surface area contributed by atoms with Gasteiger partial charge in [-0.05, 0) is 24.2 Å². The Labute approximate surface area is 210 Å². The Bertz CT molecular complexity index is 986. The van der Waals surface area contributed by atoms with Crippen molar-refractivity contribution in [3.63, 3.8) is 0 Å². The molecule has 1 aliphatic heterocycles. The van der Waals surface area contributed by atoms with Crippen LogP contribution in [0.1, 0.15) is 69.8 Å². The molecule has 3 rings (SSSR count). The molecule has 1 aliphatic carbocycles. The molecule has 2 N–H and O–H groups in total. The molecule has 2 aliphatic rings. The second-order valence-electron chi connectivity index (χ2n) is 10.5. The number of carbonyl (C=O) groups excluding carboxylic acids is 5. The van der Waals surface area contributed by atoms with Crippen molar-refractivity contribution in [2.24, 2.45) is 11.3 Å². The number of methoxy groups -OCH3 is 1. The summed E-state index contributed by atoms with van der Waals surface area (Å²) in [4.78, 5) is 73.5. The van der Waals surface area contributed by atoms with Gasteiger partial charge in [0.05, 0.1) is 19.9 Å². The Kier molecular flexibility index (Phi) is 8.75. The summed E-state index contributed by atoms with van der Waals surface area (Å²) >= 11 is 0. The fourth-order valence-electron chi connectivity index (χ4n) is 4.81. The van der Waals surface area contributed by atoms with Crippen molar-refractivity contribution in [2.45, 2.75) is 77.4 Å². The van der Waals surface area contributed by atoms with Crippen LogP contribution < -0.4 is 10.6 Å². The van der Waals surface area contributed by atoms with Crippen LogP contribution in [-0.4, -0.2) is 76.1 Å². The second-order valence-corrected chi connectivity index (χ2v) is 10.5. The highest BCUT2D eigenvalue weighted by molar-refractivity contribution is 6.01. The number of likely N-dealkylation sites (tertiary alicyclic amines) is 1. The Morgan fingerprint density at radius 2 is 1.78 bits per heavy atom. The minimum absolute atomic E-state index is 0.0889. The molecule has 0 aromatic carbocycles. The SMILES string of the molecule is COC(=O)C1CC(=O)CN1C(=O)[C@@H](NC(=O)[C@@H](NC(=O)c1cnccn1)C1CCCCC1)C(C)(C)C. The molecule has 1 saturated heterocycles. The smallest absolute Gasteiger partial charge is 0.329 e. The van der Waals surface area contributed by atoms with Crippen molar-refractivity contribution in [2.75, 3.05) is 13.7 Å². The molecule has 2 heterocycles. The van der Waals surface area contributed by atoms with Gasteiger partial charge in [0.25, 0.3) is 5.91 Å². The van der Waals surface area contributed by atoms with Crippen LogP contribution in [0.2, 0.25) is 0 Å². The van der Waals surface area contributed by atoms with Crippen LogP contribution in [0, 0.1) is 11.3 Å². The maximum Gasteiger partial charge on any atom is 0.329 e. The van der Waals surface area contributed by atoms with Crippen LogP contribution in [0.3, 0.4) is 0 Å². The summed E-state index contributed by atoms with van der Waals surface area (Å²) in [5, 5.41) is 5.64. The van der Waals surface area contributed by atoms with Crippen molar-refractivity contribution in [1.82, 2.24) is 25.5 Å². The summed E-state index contributed by atoms with van der Waals surface area (Å²) in [6, 6.07) is -2.95. The number of Topliss-reactive ketones (excluding diaryl/α,β-unsaturated/α-hetero) is 1. The summed E-state index contributed by atoms with van der Waals surface area (Å²) in [6.45, 7) is 5.13. The van der Waals surface area contributed by atoms with E-state index in [9.17, 15) is 24.0 Å². The number of nitrogens with one attached hydrogen (secondary N) is 2. The van der Waals surface area contributed by atoms with Gasteiger partial charge in [0, 0.05) is 18.8 Å². The zero-order chi connectivity index (χ0) is 26.5. The number of amides is 3. The average Bonchev–Trinajstić information content (AvgIpc) is 3.26. The highest BCUT2D eigenvalue weighted by Gasteiger charge is 2.46. The summed E-state index contributed by atoms with van der Waals surface area (Å²) in [7, 11) is 1.20. The topological polar surface area (TPSA) is 148 Å². The van der Waals surface area contributed by atoms with Crippen molar-refractivity contribution in [3.8, 4) is 0 Å². The highest BCUT2D eigenvalue weighted by Crippen LogP contribution is 2.29. The molecule has 11 nitrogen and oxygen atoms in total. The van der Waals surface area contributed by atoms with Gasteiger partial charge >= 0.3 is 5.97 Å². The zero-order valence-corrected chi connectivity index (χ0v) is 21.3. The number of hydrogen-bond acceptors (Lipinski definition) is 8. The number of ether oxygens (including phenoxy) is 1. The molecule has 0 spiro atoms. The van der Waals surface area contributed by atoms with Crippen LogP contribution >= 0.6 is 0 Å². The zero-order valence-electron chi connectivity index (χ0n) is 21.3. The Morgan fingerprint density at radius 1 is 1.08 bits per heavy atom. The molecule has 11 heteroatoms. The predicted octanol–water partition coefficient (Wildman–Crippen LogP) is 1.03. The minimum Gasteiger partial charge on any atom is -0.467 e. The largest absolute Gasteiger partial charge is 0.467 e. The number of carbonyl (C=O) groups is 5. The first kappa shape index (κ1) is 27.2. The van der Waals surface area contributed by atoms with Gasteiger partial charge in [0.2, 0.25) is 11.8 Å². The first-order chi connectivity index (χ1) is 17.0. The fourth-order valence-corrected chi connectivity index (χ4v) is 4.81. The van der Waals surface area contributed by atoms with E-state index >= 15 is 0 Å². The standard InChI is InChI=1S/C25H35N5O6/c1-25(2,3)20(23(34)30-14-16(31)12-18(30)24(35)36-4)29-22(33)19(15-8-6-5-7-9-15)28-21(32)17-13-26-10-11-27-17/h10-11,13,15,18-20H,5-9,12,14H2,1-4H3,(H,28,32)(H,29,33)/t18?,19-,20+/m0/s1. The Morgan fingerprint density at radius 3 is 2.36 bits per heavy atom. The third kappa shape index (κ3) is 6.44. The third-order valence-corrected chi connectivity index (χ3v) is 6.79. The van der Waals surface area contributed by atoms with Crippen LogP contribution in [0.25, 0.3) is 0 Å². The van der Waals surface area contributed by atoms with Crippen molar-refractivity contribution in [3.05, 3.63) is 24.3 Å². The number of rotatable bonds is 7. The summed E-state index contributed by atoms with van der Waals surface area (Å²) < 4.78 is 4.78. The molecule has 0 bridgehead atoms. The van der Waals surface area contributed by atoms with E-state index in [-0.39, 0.29) is 30.4 Å². The average molecular weight is 502 g/mol. The molecule has 3 amide bonds. The van der Waals surface area contributed by atoms with E-state index in [1.54, 1.807) is 20.8 Å². The predicted molar refractivity (Wildman–Crippen MR) is 128 cm³/mol. The van der Waals surface area contributed by atoms with Gasteiger partial charge in [-0.1, -0.05) is 40.0 Å². The highest BCUT2D eigenvalue weighted by atomic mass is 16.5. The summed E-state index contributed by atoms with van der Waals surface area (Å²) in [6.07, 6.45) is 8.51. The lowest BCUT2D eigenvalue weighted by atomic mass is 9.82. The van der Waals surface area contributed by atoms with E-state index in [1.807, 2.05) is 0 Å². The quantitative estimate of drug-likeness (QED) is 0.527. The molecular formula is C25H35N5O6. The van der Waals surface area contributed by atoms with Crippen molar-refractivity contribution in [1.29, 1.82) is 0 Å². The van der Waals surface area contributed by atoms with E-state index in [2.05, 4.69) is 20.6 Å². The normalized spacial score (nSPS) is 20.4. The monoisotopic (exact) mass is 501 g/mol. The summed E-state index contributed by atoms with van der Waals surface area (Å²) in [5.74, 6) is -2.60. The van der Waals surface area contributed by atoms with Gasteiger partial charge in [-0.25, -0.2) is 9.78 Å². The van der Waals surface area contributed by atoms with Crippen LogP contribution in [-0.2, 0) is 23.9 Å². The molecule has 2 fully saturated rings. The van der Waals surface area contributed by atoms with Crippen LogP contribution in [0.5, 0.6) is 0 Å². The van der Waals surface area contributed by atoms with Gasteiger partial charge in [-0.3, -0.25) is 24.2 Å². The molecule has 1 unspecified atom stereocenters.